The fraction of sp³-hybridized carbons (Fsp3) is 0.400. The fourth-order valence-corrected chi connectivity index (χ4v) is 3.93. The zero-order valence-corrected chi connectivity index (χ0v) is 14.0. The van der Waals surface area contributed by atoms with Gasteiger partial charge in [-0.05, 0) is 63.0 Å². The van der Waals surface area contributed by atoms with Crippen molar-refractivity contribution in [3.05, 3.63) is 53.6 Å². The van der Waals surface area contributed by atoms with Crippen molar-refractivity contribution >= 4 is 11.6 Å². The smallest absolute Gasteiger partial charge is 0.183 e. The maximum Gasteiger partial charge on any atom is 0.183 e. The molecule has 0 aliphatic heterocycles. The number of rotatable bonds is 3. The maximum atomic E-state index is 13.1. The zero-order valence-electron chi connectivity index (χ0n) is 14.0. The molecule has 0 saturated heterocycles. The van der Waals surface area contributed by atoms with Crippen LogP contribution in [0.4, 0.5) is 0 Å². The van der Waals surface area contributed by atoms with Crippen molar-refractivity contribution in [2.75, 3.05) is 0 Å². The molecule has 0 heterocycles. The summed E-state index contributed by atoms with van der Waals surface area (Å²) >= 11 is 0. The van der Waals surface area contributed by atoms with Gasteiger partial charge in [0, 0.05) is 5.92 Å². The quantitative estimate of drug-likeness (QED) is 0.661. The minimum Gasteiger partial charge on any atom is -0.508 e. The van der Waals surface area contributed by atoms with Gasteiger partial charge in [0.25, 0.3) is 0 Å². The molecular formula is C20H22O4. The first kappa shape index (κ1) is 16.7. The van der Waals surface area contributed by atoms with Crippen LogP contribution in [0.25, 0.3) is 0 Å². The first-order valence-corrected chi connectivity index (χ1v) is 8.23. The number of hydrogen-bond donors (Lipinski definition) is 2. The number of aliphatic hydroxyl groups is 1. The second kappa shape index (κ2) is 5.71. The molecule has 0 radical (unpaired) electrons. The van der Waals surface area contributed by atoms with Crippen LogP contribution in [-0.4, -0.2) is 27.4 Å². The number of phenols is 1. The number of carbonyl (C=O) groups is 2. The first-order valence-electron chi connectivity index (χ1n) is 8.23. The lowest BCUT2D eigenvalue weighted by Crippen LogP contribution is -2.60. The summed E-state index contributed by atoms with van der Waals surface area (Å²) in [7, 11) is 0. The van der Waals surface area contributed by atoms with Gasteiger partial charge in [0.15, 0.2) is 11.6 Å². The Hall–Kier alpha value is -2.20. The number of hydrogen-bond acceptors (Lipinski definition) is 4. The van der Waals surface area contributed by atoms with Crippen molar-refractivity contribution in [3.63, 3.8) is 0 Å². The lowest BCUT2D eigenvalue weighted by Gasteiger charge is -2.48. The fourth-order valence-electron chi connectivity index (χ4n) is 3.93. The van der Waals surface area contributed by atoms with Crippen LogP contribution in [0.1, 0.15) is 44.6 Å². The van der Waals surface area contributed by atoms with Gasteiger partial charge < -0.3 is 10.2 Å². The van der Waals surface area contributed by atoms with E-state index in [0.29, 0.717) is 12.8 Å². The van der Waals surface area contributed by atoms with Gasteiger partial charge in [-0.15, -0.1) is 0 Å². The van der Waals surface area contributed by atoms with Crippen molar-refractivity contribution in [1.82, 2.24) is 0 Å². The van der Waals surface area contributed by atoms with E-state index in [2.05, 4.69) is 0 Å². The average molecular weight is 326 g/mol. The summed E-state index contributed by atoms with van der Waals surface area (Å²) in [6.07, 6.45) is 5.75. The van der Waals surface area contributed by atoms with Crippen molar-refractivity contribution in [1.29, 1.82) is 0 Å². The summed E-state index contributed by atoms with van der Waals surface area (Å²) in [5.41, 5.74) is -0.945. The third-order valence-electron chi connectivity index (χ3n) is 5.29. The van der Waals surface area contributed by atoms with Crippen LogP contribution in [0.3, 0.4) is 0 Å². The van der Waals surface area contributed by atoms with E-state index in [1.807, 2.05) is 19.9 Å². The molecule has 2 aliphatic rings. The Morgan fingerprint density at radius 1 is 1.25 bits per heavy atom. The summed E-state index contributed by atoms with van der Waals surface area (Å²) in [6.45, 7) is 3.85. The number of carbonyl (C=O) groups excluding carboxylic acids is 2. The largest absolute Gasteiger partial charge is 0.508 e. The Labute approximate surface area is 141 Å². The predicted molar refractivity (Wildman–Crippen MR) is 90.7 cm³/mol. The highest BCUT2D eigenvalue weighted by molar-refractivity contribution is 6.19. The van der Waals surface area contributed by atoms with E-state index < -0.39 is 16.8 Å². The Morgan fingerprint density at radius 3 is 2.54 bits per heavy atom. The van der Waals surface area contributed by atoms with Crippen molar-refractivity contribution in [3.8, 4) is 5.75 Å². The van der Waals surface area contributed by atoms with E-state index in [9.17, 15) is 19.8 Å². The van der Waals surface area contributed by atoms with E-state index in [1.54, 1.807) is 24.3 Å². The summed E-state index contributed by atoms with van der Waals surface area (Å²) in [5, 5.41) is 20.2. The van der Waals surface area contributed by atoms with Gasteiger partial charge in [0.05, 0.1) is 0 Å². The molecule has 0 spiro atoms. The third-order valence-corrected chi connectivity index (χ3v) is 5.29. The van der Waals surface area contributed by atoms with Crippen LogP contribution in [-0.2, 0) is 9.59 Å². The Morgan fingerprint density at radius 2 is 1.92 bits per heavy atom. The normalized spacial score (nSPS) is 31.9. The minimum atomic E-state index is -1.54. The van der Waals surface area contributed by atoms with E-state index in [4.69, 9.17) is 0 Å². The number of Topliss-reactive ketones (excluding diaryl/α,β-unsaturated/α-hetero) is 1. The number of fused-ring (bicyclic) bond motifs is 2. The van der Waals surface area contributed by atoms with Gasteiger partial charge in [-0.3, -0.25) is 9.59 Å². The monoisotopic (exact) mass is 326 g/mol. The second-order valence-corrected chi connectivity index (χ2v) is 7.09. The molecular weight excluding hydrogens is 304 g/mol. The molecule has 1 aromatic carbocycles. The predicted octanol–water partition coefficient (Wildman–Crippen LogP) is 3.05. The van der Waals surface area contributed by atoms with Gasteiger partial charge in [-0.25, -0.2) is 0 Å². The molecule has 0 aromatic heterocycles. The molecule has 1 aromatic rings. The van der Waals surface area contributed by atoms with Crippen molar-refractivity contribution < 1.29 is 19.8 Å². The molecule has 126 valence electrons. The Bertz CT molecular complexity index is 739. The van der Waals surface area contributed by atoms with Crippen LogP contribution >= 0.6 is 0 Å². The number of allylic oxidation sites excluding steroid dienone is 3. The molecule has 24 heavy (non-hydrogen) atoms. The molecule has 0 amide bonds. The van der Waals surface area contributed by atoms with Gasteiger partial charge in [-0.1, -0.05) is 23.8 Å². The second-order valence-electron chi connectivity index (χ2n) is 7.09. The van der Waals surface area contributed by atoms with Crippen LogP contribution in [0.15, 0.2) is 48.1 Å². The Balaban J connectivity index is 2.16. The van der Waals surface area contributed by atoms with Gasteiger partial charge in [0.1, 0.15) is 16.8 Å². The van der Waals surface area contributed by atoms with Crippen LogP contribution < -0.4 is 0 Å². The molecule has 2 N–H and O–H groups in total. The zero-order chi connectivity index (χ0) is 17.5. The van der Waals surface area contributed by atoms with Crippen molar-refractivity contribution in [2.24, 2.45) is 5.41 Å². The maximum absolute atomic E-state index is 13.1. The number of benzene rings is 1. The molecule has 4 heteroatoms. The highest BCUT2D eigenvalue weighted by atomic mass is 16.3. The lowest BCUT2D eigenvalue weighted by molar-refractivity contribution is -0.158. The first-order chi connectivity index (χ1) is 11.3. The summed E-state index contributed by atoms with van der Waals surface area (Å²) < 4.78 is 0. The number of ketones is 2. The van der Waals surface area contributed by atoms with Gasteiger partial charge >= 0.3 is 0 Å². The van der Waals surface area contributed by atoms with Crippen LogP contribution in [0.5, 0.6) is 5.75 Å². The molecule has 4 nitrogen and oxygen atoms in total. The summed E-state index contributed by atoms with van der Waals surface area (Å²) in [5.74, 6) is -0.804. The summed E-state index contributed by atoms with van der Waals surface area (Å²) in [6, 6.07) is 6.65. The Kier molecular flexibility index (Phi) is 3.96. The van der Waals surface area contributed by atoms with Crippen LogP contribution in [0, 0.1) is 5.41 Å². The van der Waals surface area contributed by atoms with E-state index >= 15 is 0 Å². The van der Waals surface area contributed by atoms with Crippen LogP contribution in [0.2, 0.25) is 0 Å². The molecule has 3 unspecified atom stereocenters. The SMILES string of the molecule is CC(C)=CCC12C(=O)C=CC(O)(CCC1c1ccc(O)cc1)C2=O. The topological polar surface area (TPSA) is 74.6 Å². The van der Waals surface area contributed by atoms with E-state index in [1.165, 1.54) is 12.2 Å². The highest BCUT2D eigenvalue weighted by Crippen LogP contribution is 2.54. The third kappa shape index (κ3) is 2.42. The lowest BCUT2D eigenvalue weighted by atomic mass is 9.53. The van der Waals surface area contributed by atoms with Gasteiger partial charge in [0.2, 0.25) is 0 Å². The van der Waals surface area contributed by atoms with Gasteiger partial charge in [-0.2, -0.15) is 0 Å². The molecule has 1 fully saturated rings. The number of aromatic hydroxyl groups is 1. The molecule has 3 atom stereocenters. The van der Waals surface area contributed by atoms with E-state index in [0.717, 1.165) is 11.1 Å². The van der Waals surface area contributed by atoms with Crippen molar-refractivity contribution in [2.45, 2.75) is 44.6 Å². The highest BCUT2D eigenvalue weighted by Gasteiger charge is 2.61. The minimum absolute atomic E-state index is 0.144. The standard InChI is InChI=1S/C20H22O4/c1-13(2)7-12-20-16(14-3-5-15(21)6-4-14)8-10-19(24,18(20)23)11-9-17(20)22/h3-7,9,11,16,21,24H,8,10,12H2,1-2H3. The molecule has 2 bridgehead atoms. The average Bonchev–Trinajstić information content (AvgIpc) is 2.54. The molecule has 2 aliphatic carbocycles. The number of phenolic OH excluding ortho intramolecular Hbond substituents is 1. The molecule has 3 rings (SSSR count). The summed E-state index contributed by atoms with van der Waals surface area (Å²) in [4.78, 5) is 26.0. The molecule has 1 saturated carbocycles. The van der Waals surface area contributed by atoms with E-state index in [-0.39, 0.29) is 23.9 Å².